The number of nitrogens with one attached hydrogen (secondary N) is 1. The second kappa shape index (κ2) is 12.3. The highest BCUT2D eigenvalue weighted by Gasteiger charge is 2.32. The molecule has 0 aromatic carbocycles. The fraction of sp³-hybridized carbons (Fsp3) is 0.941. The van der Waals surface area contributed by atoms with Gasteiger partial charge in [0.05, 0.1) is 0 Å². The van der Waals surface area contributed by atoms with Gasteiger partial charge in [-0.1, -0.05) is 25.7 Å². The SMILES string of the molecule is Cl.Cl.NCC1(CC(=O)NCCCN2CCCCC2)CCCCC1. The van der Waals surface area contributed by atoms with Crippen molar-refractivity contribution in [2.75, 3.05) is 32.7 Å². The molecule has 1 aliphatic carbocycles. The molecule has 138 valence electrons. The molecule has 0 atom stereocenters. The van der Waals surface area contributed by atoms with Crippen LogP contribution in [0.25, 0.3) is 0 Å². The number of amides is 1. The maximum absolute atomic E-state index is 12.1. The zero-order valence-corrected chi connectivity index (χ0v) is 16.0. The van der Waals surface area contributed by atoms with E-state index in [4.69, 9.17) is 5.73 Å². The summed E-state index contributed by atoms with van der Waals surface area (Å²) in [5, 5.41) is 3.11. The van der Waals surface area contributed by atoms with Crippen LogP contribution in [0.2, 0.25) is 0 Å². The van der Waals surface area contributed by atoms with Crippen molar-refractivity contribution in [3.05, 3.63) is 0 Å². The van der Waals surface area contributed by atoms with Gasteiger partial charge in [-0.3, -0.25) is 4.79 Å². The number of nitrogens with two attached hydrogens (primary N) is 1. The molecule has 1 aliphatic heterocycles. The minimum atomic E-state index is 0. The van der Waals surface area contributed by atoms with Crippen molar-refractivity contribution in [3.8, 4) is 0 Å². The number of rotatable bonds is 7. The van der Waals surface area contributed by atoms with Crippen molar-refractivity contribution in [1.29, 1.82) is 0 Å². The lowest BCUT2D eigenvalue weighted by atomic mass is 9.71. The lowest BCUT2D eigenvalue weighted by Gasteiger charge is -2.35. The van der Waals surface area contributed by atoms with E-state index in [0.717, 1.165) is 32.4 Å². The molecule has 0 aromatic rings. The number of halogens is 2. The normalized spacial score (nSPS) is 20.9. The predicted octanol–water partition coefficient (Wildman–Crippen LogP) is 3.12. The van der Waals surface area contributed by atoms with Gasteiger partial charge in [0.25, 0.3) is 0 Å². The first kappa shape index (κ1) is 23.0. The Bertz CT molecular complexity index is 317. The minimum absolute atomic E-state index is 0. The first-order chi connectivity index (χ1) is 10.2. The molecule has 1 saturated carbocycles. The summed E-state index contributed by atoms with van der Waals surface area (Å²) >= 11 is 0. The molecule has 1 heterocycles. The summed E-state index contributed by atoms with van der Waals surface area (Å²) in [6.07, 6.45) is 11.8. The molecule has 4 nitrogen and oxygen atoms in total. The topological polar surface area (TPSA) is 58.4 Å². The summed E-state index contributed by atoms with van der Waals surface area (Å²) in [6.45, 7) is 5.08. The van der Waals surface area contributed by atoms with Crippen LogP contribution in [-0.4, -0.2) is 43.5 Å². The molecule has 1 amide bonds. The number of piperidine rings is 1. The molecule has 0 bridgehead atoms. The maximum atomic E-state index is 12.1. The Labute approximate surface area is 154 Å². The summed E-state index contributed by atoms with van der Waals surface area (Å²) in [7, 11) is 0. The second-order valence-corrected chi connectivity index (χ2v) is 7.05. The van der Waals surface area contributed by atoms with Crippen LogP contribution < -0.4 is 11.1 Å². The molecule has 0 unspecified atom stereocenters. The lowest BCUT2D eigenvalue weighted by Crippen LogP contribution is -2.39. The maximum Gasteiger partial charge on any atom is 0.220 e. The Morgan fingerprint density at radius 1 is 1.00 bits per heavy atom. The fourth-order valence-corrected chi connectivity index (χ4v) is 3.87. The molecule has 6 heteroatoms. The number of carbonyl (C=O) groups is 1. The summed E-state index contributed by atoms with van der Waals surface area (Å²) in [6, 6.07) is 0. The van der Waals surface area contributed by atoms with E-state index >= 15 is 0 Å². The van der Waals surface area contributed by atoms with Crippen LogP contribution in [0.1, 0.15) is 64.2 Å². The first-order valence-corrected chi connectivity index (χ1v) is 8.93. The van der Waals surface area contributed by atoms with E-state index in [0.29, 0.717) is 13.0 Å². The predicted molar refractivity (Wildman–Crippen MR) is 102 cm³/mol. The van der Waals surface area contributed by atoms with E-state index in [1.54, 1.807) is 0 Å². The van der Waals surface area contributed by atoms with Gasteiger partial charge in [0.1, 0.15) is 0 Å². The first-order valence-electron chi connectivity index (χ1n) is 8.93. The molecule has 1 saturated heterocycles. The number of hydrogen-bond acceptors (Lipinski definition) is 3. The molecule has 0 spiro atoms. The van der Waals surface area contributed by atoms with Gasteiger partial charge in [-0.15, -0.1) is 24.8 Å². The van der Waals surface area contributed by atoms with E-state index in [1.165, 1.54) is 51.6 Å². The van der Waals surface area contributed by atoms with Crippen LogP contribution in [-0.2, 0) is 4.79 Å². The van der Waals surface area contributed by atoms with Crippen LogP contribution >= 0.6 is 24.8 Å². The van der Waals surface area contributed by atoms with Crippen molar-refractivity contribution in [1.82, 2.24) is 10.2 Å². The minimum Gasteiger partial charge on any atom is -0.356 e. The van der Waals surface area contributed by atoms with Gasteiger partial charge < -0.3 is 16.0 Å². The van der Waals surface area contributed by atoms with Crippen LogP contribution in [0.15, 0.2) is 0 Å². The number of carbonyl (C=O) groups excluding carboxylic acids is 1. The average Bonchev–Trinajstić information content (AvgIpc) is 2.53. The number of likely N-dealkylation sites (tertiary alicyclic amines) is 1. The number of nitrogens with zero attached hydrogens (tertiary/aromatic N) is 1. The van der Waals surface area contributed by atoms with Crippen LogP contribution in [0.5, 0.6) is 0 Å². The Balaban J connectivity index is 0.00000242. The van der Waals surface area contributed by atoms with Crippen molar-refractivity contribution in [3.63, 3.8) is 0 Å². The standard InChI is InChI=1S/C17H33N3O.2ClH/c18-15-17(8-3-1-4-9-17)14-16(21)19-10-7-13-20-11-5-2-6-12-20;;/h1-15,18H2,(H,19,21);2*1H. The van der Waals surface area contributed by atoms with Gasteiger partial charge in [-0.2, -0.15) is 0 Å². The molecule has 0 aromatic heterocycles. The fourth-order valence-electron chi connectivity index (χ4n) is 3.87. The Hall–Kier alpha value is -0.0300. The Morgan fingerprint density at radius 3 is 2.22 bits per heavy atom. The third kappa shape index (κ3) is 8.06. The van der Waals surface area contributed by atoms with Crippen molar-refractivity contribution in [2.45, 2.75) is 64.2 Å². The van der Waals surface area contributed by atoms with E-state index in [9.17, 15) is 4.79 Å². The molecule has 2 fully saturated rings. The van der Waals surface area contributed by atoms with Crippen LogP contribution in [0.3, 0.4) is 0 Å². The summed E-state index contributed by atoms with van der Waals surface area (Å²) in [5.74, 6) is 0.209. The smallest absolute Gasteiger partial charge is 0.220 e. The van der Waals surface area contributed by atoms with Gasteiger partial charge in [0.15, 0.2) is 0 Å². The zero-order chi connectivity index (χ0) is 15.0. The van der Waals surface area contributed by atoms with Gasteiger partial charge in [0, 0.05) is 13.0 Å². The molecule has 23 heavy (non-hydrogen) atoms. The molecular formula is C17H35Cl2N3O. The van der Waals surface area contributed by atoms with Gasteiger partial charge >= 0.3 is 0 Å². The number of hydrogen-bond donors (Lipinski definition) is 2. The largest absolute Gasteiger partial charge is 0.356 e. The molecular weight excluding hydrogens is 333 g/mol. The average molecular weight is 368 g/mol. The van der Waals surface area contributed by atoms with Gasteiger partial charge in [-0.05, 0) is 63.7 Å². The highest BCUT2D eigenvalue weighted by molar-refractivity contribution is 5.85. The zero-order valence-electron chi connectivity index (χ0n) is 14.4. The van der Waals surface area contributed by atoms with E-state index in [2.05, 4.69) is 10.2 Å². The van der Waals surface area contributed by atoms with Crippen molar-refractivity contribution >= 4 is 30.7 Å². The molecule has 2 rings (SSSR count). The lowest BCUT2D eigenvalue weighted by molar-refractivity contribution is -0.123. The highest BCUT2D eigenvalue weighted by atomic mass is 35.5. The van der Waals surface area contributed by atoms with E-state index in [1.807, 2.05) is 0 Å². The molecule has 3 N–H and O–H groups in total. The molecule has 0 radical (unpaired) electrons. The summed E-state index contributed by atoms with van der Waals surface area (Å²) in [5.41, 5.74) is 6.04. The second-order valence-electron chi connectivity index (χ2n) is 7.05. The van der Waals surface area contributed by atoms with E-state index < -0.39 is 0 Å². The van der Waals surface area contributed by atoms with Crippen LogP contribution in [0, 0.1) is 5.41 Å². The Morgan fingerprint density at radius 2 is 1.61 bits per heavy atom. The monoisotopic (exact) mass is 367 g/mol. The van der Waals surface area contributed by atoms with Crippen LogP contribution in [0.4, 0.5) is 0 Å². The van der Waals surface area contributed by atoms with Crippen molar-refractivity contribution < 1.29 is 4.79 Å². The van der Waals surface area contributed by atoms with Crippen molar-refractivity contribution in [2.24, 2.45) is 11.1 Å². The summed E-state index contributed by atoms with van der Waals surface area (Å²) in [4.78, 5) is 14.7. The Kier molecular flexibility index (Phi) is 12.3. The molecule has 2 aliphatic rings. The third-order valence-electron chi connectivity index (χ3n) is 5.30. The quantitative estimate of drug-likeness (QED) is 0.679. The highest BCUT2D eigenvalue weighted by Crippen LogP contribution is 2.38. The summed E-state index contributed by atoms with van der Waals surface area (Å²) < 4.78 is 0. The van der Waals surface area contributed by atoms with Gasteiger partial charge in [-0.25, -0.2) is 0 Å². The third-order valence-corrected chi connectivity index (χ3v) is 5.30. The van der Waals surface area contributed by atoms with Gasteiger partial charge in [0.2, 0.25) is 5.91 Å². The van der Waals surface area contributed by atoms with E-state index in [-0.39, 0.29) is 36.1 Å².